The van der Waals surface area contributed by atoms with E-state index in [-0.39, 0.29) is 62.3 Å². The van der Waals surface area contributed by atoms with Crippen molar-refractivity contribution < 1.29 is 47.5 Å². The van der Waals surface area contributed by atoms with Crippen molar-refractivity contribution in [3.8, 4) is 5.75 Å². The predicted molar refractivity (Wildman–Crippen MR) is 194 cm³/mol. The molecule has 0 spiro atoms. The first-order chi connectivity index (χ1) is 25.9. The molecule has 0 saturated carbocycles. The van der Waals surface area contributed by atoms with E-state index in [2.05, 4.69) is 16.0 Å². The van der Waals surface area contributed by atoms with Gasteiger partial charge < -0.3 is 39.5 Å². The minimum atomic E-state index is -1.07. The maximum absolute atomic E-state index is 13.8. The standard InChI is InChI=1S/C37H45N5O12/c1-23(27-9-4-5-11-30(27)42(49)50)22-53-37(48)40-29(10-6-7-15-39-36(47)38-3)34(45)41-16-8-12-31(41)35(46)52-18-17-51-26-13-14-28-25(19-24(2)43)20-33(44)54-32(28)21-26/h4-5,9,11,13-14,20-21,23,29,31H,6-8,10,12,15-19,22H2,1-3H3,(H,40,48)(H2,38,39,47)/t23?,29-,31-/m0/s1. The first-order valence-corrected chi connectivity index (χ1v) is 17.7. The molecule has 3 N–H and O–H groups in total. The molecule has 290 valence electrons. The highest BCUT2D eigenvalue weighted by Gasteiger charge is 2.38. The second-order valence-electron chi connectivity index (χ2n) is 12.8. The summed E-state index contributed by atoms with van der Waals surface area (Å²) in [6.07, 6.45) is 1.16. The number of carbonyl (C=O) groups is 5. The van der Waals surface area contributed by atoms with Crippen molar-refractivity contribution >= 4 is 46.4 Å². The van der Waals surface area contributed by atoms with Gasteiger partial charge in [-0.1, -0.05) is 25.1 Å². The highest BCUT2D eigenvalue weighted by Crippen LogP contribution is 2.27. The molecule has 17 heteroatoms. The Bertz CT molecular complexity index is 1900. The molecule has 0 bridgehead atoms. The van der Waals surface area contributed by atoms with Crippen LogP contribution in [-0.2, 0) is 30.3 Å². The maximum Gasteiger partial charge on any atom is 0.407 e. The number of rotatable bonds is 18. The van der Waals surface area contributed by atoms with Crippen molar-refractivity contribution in [1.82, 2.24) is 20.9 Å². The van der Waals surface area contributed by atoms with Crippen molar-refractivity contribution in [2.24, 2.45) is 0 Å². The molecule has 0 aliphatic carbocycles. The fourth-order valence-corrected chi connectivity index (χ4v) is 6.15. The van der Waals surface area contributed by atoms with Crippen LogP contribution in [0.25, 0.3) is 11.0 Å². The molecule has 0 radical (unpaired) electrons. The van der Waals surface area contributed by atoms with Crippen LogP contribution in [0.2, 0.25) is 0 Å². The Morgan fingerprint density at radius 3 is 2.57 bits per heavy atom. The highest BCUT2D eigenvalue weighted by molar-refractivity contribution is 5.90. The molecule has 2 heterocycles. The van der Waals surface area contributed by atoms with Crippen LogP contribution in [-0.4, -0.2) is 91.6 Å². The topological polar surface area (TPSA) is 226 Å². The van der Waals surface area contributed by atoms with Crippen LogP contribution in [0.3, 0.4) is 0 Å². The lowest BCUT2D eigenvalue weighted by atomic mass is 10.0. The number of nitrogens with one attached hydrogen (secondary N) is 3. The molecule has 1 unspecified atom stereocenters. The molecule has 4 rings (SSSR count). The number of carbonyl (C=O) groups excluding carboxylic acids is 5. The lowest BCUT2D eigenvalue weighted by Gasteiger charge is -2.28. The number of ether oxygens (including phenoxy) is 3. The molecule has 54 heavy (non-hydrogen) atoms. The number of likely N-dealkylation sites (tertiary alicyclic amines) is 1. The molecule has 3 atom stereocenters. The molecule has 3 aromatic rings. The fourth-order valence-electron chi connectivity index (χ4n) is 6.15. The fraction of sp³-hybridized carbons (Fsp3) is 0.459. The van der Waals surface area contributed by atoms with Crippen molar-refractivity contribution in [2.45, 2.75) is 70.4 Å². The van der Waals surface area contributed by atoms with E-state index in [1.54, 1.807) is 37.3 Å². The maximum atomic E-state index is 13.8. The number of esters is 1. The molecule has 1 saturated heterocycles. The SMILES string of the molecule is CNC(=O)NCCCC[C@H](NC(=O)OCC(C)c1ccccc1[N+](=O)[O-])C(=O)N1CCC[C@H]1C(=O)OCCOc1ccc2c(CC(C)=O)cc(=O)oc2c1. The van der Waals surface area contributed by atoms with Gasteiger partial charge >= 0.3 is 23.7 Å². The summed E-state index contributed by atoms with van der Waals surface area (Å²) in [6.45, 7) is 3.31. The van der Waals surface area contributed by atoms with E-state index in [1.165, 1.54) is 37.1 Å². The summed E-state index contributed by atoms with van der Waals surface area (Å²) >= 11 is 0. The summed E-state index contributed by atoms with van der Waals surface area (Å²) in [5.41, 5.74) is 0.482. The monoisotopic (exact) mass is 751 g/mol. The predicted octanol–water partition coefficient (Wildman–Crippen LogP) is 3.74. The largest absolute Gasteiger partial charge is 0.490 e. The number of nitro benzene ring substituents is 1. The molecule has 4 amide bonds. The average molecular weight is 752 g/mol. The van der Waals surface area contributed by atoms with E-state index < -0.39 is 46.5 Å². The van der Waals surface area contributed by atoms with Gasteiger partial charge in [-0.3, -0.25) is 19.7 Å². The number of para-hydroxylation sites is 1. The Morgan fingerprint density at radius 1 is 1.06 bits per heavy atom. The normalized spacial score (nSPS) is 14.8. The van der Waals surface area contributed by atoms with Crippen LogP contribution < -0.4 is 26.3 Å². The van der Waals surface area contributed by atoms with Crippen molar-refractivity contribution in [3.05, 3.63) is 80.2 Å². The van der Waals surface area contributed by atoms with Gasteiger partial charge in [0.1, 0.15) is 49.0 Å². The lowest BCUT2D eigenvalue weighted by Crippen LogP contribution is -2.52. The number of unbranched alkanes of at least 4 members (excludes halogenated alkanes) is 1. The number of ketones is 1. The minimum absolute atomic E-state index is 0.0417. The first kappa shape index (κ1) is 40.8. The van der Waals surface area contributed by atoms with E-state index in [4.69, 9.17) is 18.6 Å². The van der Waals surface area contributed by atoms with Gasteiger partial charge in [-0.2, -0.15) is 0 Å². The van der Waals surface area contributed by atoms with E-state index >= 15 is 0 Å². The zero-order valence-corrected chi connectivity index (χ0v) is 30.4. The Balaban J connectivity index is 1.34. The molecule has 2 aromatic carbocycles. The molecule has 1 aromatic heterocycles. The lowest BCUT2D eigenvalue weighted by molar-refractivity contribution is -0.385. The highest BCUT2D eigenvalue weighted by atomic mass is 16.6. The Hall–Kier alpha value is -6.00. The number of nitrogens with zero attached hydrogens (tertiary/aromatic N) is 2. The second kappa shape index (κ2) is 19.7. The van der Waals surface area contributed by atoms with Crippen molar-refractivity contribution in [2.75, 3.05) is 40.0 Å². The molecular weight excluding hydrogens is 706 g/mol. The summed E-state index contributed by atoms with van der Waals surface area (Å²) in [4.78, 5) is 87.4. The molecular formula is C37H45N5O12. The number of hydrogen-bond donors (Lipinski definition) is 3. The zero-order valence-electron chi connectivity index (χ0n) is 30.4. The number of fused-ring (bicyclic) bond motifs is 1. The summed E-state index contributed by atoms with van der Waals surface area (Å²) in [5.74, 6) is -1.42. The van der Waals surface area contributed by atoms with Gasteiger partial charge in [-0.05, 0) is 56.7 Å². The van der Waals surface area contributed by atoms with Crippen LogP contribution in [0.5, 0.6) is 5.75 Å². The van der Waals surface area contributed by atoms with Crippen LogP contribution in [0.4, 0.5) is 15.3 Å². The third-order valence-electron chi connectivity index (χ3n) is 8.80. The number of benzene rings is 2. The van der Waals surface area contributed by atoms with Gasteiger partial charge in [0, 0.05) is 61.6 Å². The molecule has 17 nitrogen and oxygen atoms in total. The Labute approximate surface area is 310 Å². The van der Waals surface area contributed by atoms with E-state index in [0.717, 1.165) is 0 Å². The number of urea groups is 1. The third-order valence-corrected chi connectivity index (χ3v) is 8.80. The minimum Gasteiger partial charge on any atom is -0.490 e. The number of alkyl carbamates (subject to hydrolysis) is 1. The molecule has 1 aliphatic heterocycles. The van der Waals surface area contributed by atoms with Crippen LogP contribution in [0.1, 0.15) is 63.0 Å². The van der Waals surface area contributed by atoms with Gasteiger partial charge in [0.05, 0.1) is 4.92 Å². The van der Waals surface area contributed by atoms with Gasteiger partial charge in [0.2, 0.25) is 5.91 Å². The summed E-state index contributed by atoms with van der Waals surface area (Å²) in [7, 11) is 1.49. The Kier molecular flexibility index (Phi) is 14.9. The van der Waals surface area contributed by atoms with E-state index in [1.807, 2.05) is 0 Å². The van der Waals surface area contributed by atoms with Gasteiger partial charge in [-0.25, -0.2) is 19.2 Å². The van der Waals surface area contributed by atoms with E-state index in [0.29, 0.717) is 54.5 Å². The second-order valence-corrected chi connectivity index (χ2v) is 12.8. The van der Waals surface area contributed by atoms with Crippen LogP contribution >= 0.6 is 0 Å². The van der Waals surface area contributed by atoms with Crippen molar-refractivity contribution in [1.29, 1.82) is 0 Å². The van der Waals surface area contributed by atoms with Crippen molar-refractivity contribution in [3.63, 3.8) is 0 Å². The number of nitro groups is 1. The summed E-state index contributed by atoms with van der Waals surface area (Å²) in [5, 5.41) is 19.8. The number of Topliss-reactive ketones (excluding diaryl/α,β-unsaturated/α-hetero) is 1. The van der Waals surface area contributed by atoms with Gasteiger partial charge in [0.15, 0.2) is 0 Å². The third kappa shape index (κ3) is 11.5. The van der Waals surface area contributed by atoms with Gasteiger partial charge in [-0.15, -0.1) is 0 Å². The summed E-state index contributed by atoms with van der Waals surface area (Å²) in [6, 6.07) is 9.93. The number of amides is 4. The average Bonchev–Trinajstić information content (AvgIpc) is 3.64. The molecule has 1 fully saturated rings. The van der Waals surface area contributed by atoms with E-state index in [9.17, 15) is 38.9 Å². The first-order valence-electron chi connectivity index (χ1n) is 17.7. The zero-order chi connectivity index (χ0) is 39.2. The van der Waals surface area contributed by atoms with Gasteiger partial charge in [0.25, 0.3) is 5.69 Å². The number of hydrogen-bond acceptors (Lipinski definition) is 12. The smallest absolute Gasteiger partial charge is 0.407 e. The summed E-state index contributed by atoms with van der Waals surface area (Å²) < 4.78 is 21.8. The van der Waals surface area contributed by atoms with Crippen LogP contribution in [0, 0.1) is 10.1 Å². The molecule has 1 aliphatic rings. The quantitative estimate of drug-likeness (QED) is 0.0556. The van der Waals surface area contributed by atoms with Crippen LogP contribution in [0.15, 0.2) is 57.7 Å². The Morgan fingerprint density at radius 2 is 1.83 bits per heavy atom.